The van der Waals surface area contributed by atoms with E-state index >= 15 is 0 Å². The molecule has 0 bridgehead atoms. The Bertz CT molecular complexity index is 347. The third-order valence-electron chi connectivity index (χ3n) is 2.45. The number of nitrogens with zero attached hydrogens (tertiary/aromatic N) is 1. The van der Waals surface area contributed by atoms with Gasteiger partial charge in [-0.15, -0.1) is 0 Å². The third kappa shape index (κ3) is 3.36. The van der Waals surface area contributed by atoms with E-state index in [0.29, 0.717) is 11.9 Å². The Morgan fingerprint density at radius 1 is 1.53 bits per heavy atom. The summed E-state index contributed by atoms with van der Waals surface area (Å²) in [5.74, 6) is 0.647. The molecule has 15 heavy (non-hydrogen) atoms. The molecule has 0 aliphatic carbocycles. The van der Waals surface area contributed by atoms with Crippen molar-refractivity contribution >= 4 is 6.08 Å². The van der Waals surface area contributed by atoms with Crippen molar-refractivity contribution in [2.24, 2.45) is 0 Å². The van der Waals surface area contributed by atoms with E-state index in [1.54, 1.807) is 7.11 Å². The summed E-state index contributed by atoms with van der Waals surface area (Å²) in [5, 5.41) is 3.19. The first-order valence-corrected chi connectivity index (χ1v) is 5.04. The van der Waals surface area contributed by atoms with Gasteiger partial charge in [-0.3, -0.25) is 0 Å². The standard InChI is InChI=1S/C12H18N2O/c1-9(10(2)13-3)8-11-6-5-7-12(14-11)15-4/h5-8,10,13H,1-4H3/b9-8+. The van der Waals surface area contributed by atoms with E-state index in [4.69, 9.17) is 4.74 Å². The number of hydrogen-bond acceptors (Lipinski definition) is 3. The molecular weight excluding hydrogens is 188 g/mol. The highest BCUT2D eigenvalue weighted by molar-refractivity contribution is 5.50. The van der Waals surface area contributed by atoms with Gasteiger partial charge in [0.05, 0.1) is 12.8 Å². The van der Waals surface area contributed by atoms with Gasteiger partial charge in [-0.2, -0.15) is 0 Å². The molecule has 1 atom stereocenters. The lowest BCUT2D eigenvalue weighted by Gasteiger charge is -2.10. The number of pyridine rings is 1. The summed E-state index contributed by atoms with van der Waals surface area (Å²) >= 11 is 0. The fourth-order valence-corrected chi connectivity index (χ4v) is 1.21. The first-order chi connectivity index (χ1) is 7.17. The number of ether oxygens (including phenoxy) is 1. The largest absolute Gasteiger partial charge is 0.481 e. The normalized spacial score (nSPS) is 13.7. The van der Waals surface area contributed by atoms with E-state index in [9.17, 15) is 0 Å². The van der Waals surface area contributed by atoms with Crippen LogP contribution in [-0.2, 0) is 0 Å². The monoisotopic (exact) mass is 206 g/mol. The van der Waals surface area contributed by atoms with Gasteiger partial charge in [0.25, 0.3) is 0 Å². The maximum Gasteiger partial charge on any atom is 0.213 e. The molecule has 0 saturated heterocycles. The Morgan fingerprint density at radius 3 is 2.87 bits per heavy atom. The Morgan fingerprint density at radius 2 is 2.27 bits per heavy atom. The quantitative estimate of drug-likeness (QED) is 0.819. The summed E-state index contributed by atoms with van der Waals surface area (Å²) in [4.78, 5) is 4.32. The van der Waals surface area contributed by atoms with Crippen molar-refractivity contribution < 1.29 is 4.74 Å². The van der Waals surface area contributed by atoms with E-state index in [0.717, 1.165) is 5.69 Å². The first-order valence-electron chi connectivity index (χ1n) is 5.04. The Hall–Kier alpha value is -1.35. The molecule has 0 amide bonds. The molecule has 1 aromatic heterocycles. The number of nitrogens with one attached hydrogen (secondary N) is 1. The molecule has 3 nitrogen and oxygen atoms in total. The SMILES string of the molecule is CNC(C)/C(C)=C/c1cccc(OC)n1. The lowest BCUT2D eigenvalue weighted by atomic mass is 10.1. The van der Waals surface area contributed by atoms with Crippen molar-refractivity contribution in [1.82, 2.24) is 10.3 Å². The highest BCUT2D eigenvalue weighted by Crippen LogP contribution is 2.11. The fraction of sp³-hybridized carbons (Fsp3) is 0.417. The summed E-state index contributed by atoms with van der Waals surface area (Å²) in [5.41, 5.74) is 2.17. The first kappa shape index (κ1) is 11.7. The van der Waals surface area contributed by atoms with Crippen molar-refractivity contribution in [3.63, 3.8) is 0 Å². The number of hydrogen-bond donors (Lipinski definition) is 1. The number of likely N-dealkylation sites (N-methyl/N-ethyl adjacent to an activating group) is 1. The second kappa shape index (κ2) is 5.51. The summed E-state index contributed by atoms with van der Waals surface area (Å²) in [6.07, 6.45) is 2.06. The summed E-state index contributed by atoms with van der Waals surface area (Å²) in [6.45, 7) is 4.20. The van der Waals surface area contributed by atoms with Gasteiger partial charge in [0, 0.05) is 12.1 Å². The third-order valence-corrected chi connectivity index (χ3v) is 2.45. The molecule has 0 fully saturated rings. The second-order valence-corrected chi connectivity index (χ2v) is 3.50. The van der Waals surface area contributed by atoms with Crippen LogP contribution in [0, 0.1) is 0 Å². The van der Waals surface area contributed by atoms with E-state index in [-0.39, 0.29) is 0 Å². The van der Waals surface area contributed by atoms with Crippen LogP contribution >= 0.6 is 0 Å². The Labute approximate surface area is 91.2 Å². The van der Waals surface area contributed by atoms with Gasteiger partial charge in [0.1, 0.15) is 0 Å². The predicted octanol–water partition coefficient (Wildman–Crippen LogP) is 2.10. The molecule has 0 spiro atoms. The van der Waals surface area contributed by atoms with Crippen LogP contribution in [0.15, 0.2) is 23.8 Å². The van der Waals surface area contributed by atoms with Crippen LogP contribution in [-0.4, -0.2) is 25.2 Å². The fourth-order valence-electron chi connectivity index (χ4n) is 1.21. The zero-order valence-electron chi connectivity index (χ0n) is 9.74. The van der Waals surface area contributed by atoms with Crippen LogP contribution in [0.4, 0.5) is 0 Å². The molecule has 0 aliphatic heterocycles. The van der Waals surface area contributed by atoms with Crippen LogP contribution in [0.2, 0.25) is 0 Å². The lowest BCUT2D eigenvalue weighted by molar-refractivity contribution is 0.397. The van der Waals surface area contributed by atoms with Crippen LogP contribution < -0.4 is 10.1 Å². The van der Waals surface area contributed by atoms with Crippen LogP contribution in [0.5, 0.6) is 5.88 Å². The van der Waals surface area contributed by atoms with Crippen LogP contribution in [0.25, 0.3) is 6.08 Å². The molecule has 1 heterocycles. The number of rotatable bonds is 4. The maximum absolute atomic E-state index is 5.07. The molecule has 0 saturated carbocycles. The van der Waals surface area contributed by atoms with Gasteiger partial charge in [0.15, 0.2) is 0 Å². The molecule has 0 radical (unpaired) electrons. The molecule has 0 aliphatic rings. The van der Waals surface area contributed by atoms with E-state index in [1.165, 1.54) is 5.57 Å². The Balaban J connectivity index is 2.87. The zero-order valence-corrected chi connectivity index (χ0v) is 9.74. The molecule has 1 unspecified atom stereocenters. The molecule has 1 rings (SSSR count). The second-order valence-electron chi connectivity index (χ2n) is 3.50. The minimum Gasteiger partial charge on any atom is -0.481 e. The summed E-state index contributed by atoms with van der Waals surface area (Å²) < 4.78 is 5.07. The molecule has 1 aromatic rings. The molecular formula is C12H18N2O. The van der Waals surface area contributed by atoms with Gasteiger partial charge < -0.3 is 10.1 Å². The van der Waals surface area contributed by atoms with Crippen LogP contribution in [0.1, 0.15) is 19.5 Å². The van der Waals surface area contributed by atoms with E-state index in [1.807, 2.05) is 25.2 Å². The van der Waals surface area contributed by atoms with E-state index in [2.05, 4.69) is 30.2 Å². The average molecular weight is 206 g/mol. The van der Waals surface area contributed by atoms with Crippen molar-refractivity contribution in [2.75, 3.05) is 14.2 Å². The van der Waals surface area contributed by atoms with Gasteiger partial charge in [0.2, 0.25) is 5.88 Å². The zero-order chi connectivity index (χ0) is 11.3. The van der Waals surface area contributed by atoms with Crippen molar-refractivity contribution in [1.29, 1.82) is 0 Å². The van der Waals surface area contributed by atoms with Gasteiger partial charge in [-0.25, -0.2) is 4.98 Å². The maximum atomic E-state index is 5.07. The summed E-state index contributed by atoms with van der Waals surface area (Å²) in [7, 11) is 3.57. The Kier molecular flexibility index (Phi) is 4.31. The highest BCUT2D eigenvalue weighted by Gasteiger charge is 2.01. The molecule has 0 aromatic carbocycles. The van der Waals surface area contributed by atoms with Gasteiger partial charge in [-0.05, 0) is 33.0 Å². The van der Waals surface area contributed by atoms with Gasteiger partial charge >= 0.3 is 0 Å². The summed E-state index contributed by atoms with van der Waals surface area (Å²) in [6, 6.07) is 6.11. The topological polar surface area (TPSA) is 34.1 Å². The van der Waals surface area contributed by atoms with E-state index < -0.39 is 0 Å². The lowest BCUT2D eigenvalue weighted by Crippen LogP contribution is -2.22. The van der Waals surface area contributed by atoms with Crippen molar-refractivity contribution in [3.8, 4) is 5.88 Å². The van der Waals surface area contributed by atoms with Crippen LogP contribution in [0.3, 0.4) is 0 Å². The minimum atomic E-state index is 0.359. The van der Waals surface area contributed by atoms with Gasteiger partial charge in [-0.1, -0.05) is 11.6 Å². The number of methoxy groups -OCH3 is 1. The minimum absolute atomic E-state index is 0.359. The van der Waals surface area contributed by atoms with Crippen molar-refractivity contribution in [3.05, 3.63) is 29.5 Å². The molecule has 3 heteroatoms. The smallest absolute Gasteiger partial charge is 0.213 e. The molecule has 1 N–H and O–H groups in total. The molecule has 82 valence electrons. The average Bonchev–Trinajstić information content (AvgIpc) is 2.28. The predicted molar refractivity (Wildman–Crippen MR) is 63.0 cm³/mol. The van der Waals surface area contributed by atoms with Crippen molar-refractivity contribution in [2.45, 2.75) is 19.9 Å². The number of aromatic nitrogens is 1. The highest BCUT2D eigenvalue weighted by atomic mass is 16.5.